The minimum Gasteiger partial charge on any atom is -0.481 e. The van der Waals surface area contributed by atoms with E-state index in [9.17, 15) is 27.9 Å². The van der Waals surface area contributed by atoms with Gasteiger partial charge in [-0.05, 0) is 44.5 Å². The number of hydrogen-bond donors (Lipinski definition) is 3. The van der Waals surface area contributed by atoms with Crippen molar-refractivity contribution < 1.29 is 37.3 Å². The van der Waals surface area contributed by atoms with Gasteiger partial charge in [-0.25, -0.2) is 4.79 Å². The number of ether oxygens (including phenoxy) is 2. The molecule has 3 amide bonds. The number of aliphatic hydroxyl groups is 1. The summed E-state index contributed by atoms with van der Waals surface area (Å²) in [5.74, 6) is -0.474. The van der Waals surface area contributed by atoms with Crippen LogP contribution in [0.3, 0.4) is 0 Å². The van der Waals surface area contributed by atoms with E-state index in [0.29, 0.717) is 16.8 Å². The number of amides is 3. The van der Waals surface area contributed by atoms with Crippen LogP contribution in [-0.2, 0) is 4.79 Å². The lowest BCUT2D eigenvalue weighted by atomic mass is 9.92. The number of fused-ring (bicyclic) bond motifs is 1. The number of aryl methyl sites for hydroxylation is 1. The van der Waals surface area contributed by atoms with E-state index in [4.69, 9.17) is 4.74 Å². The number of carbonyl (C=O) groups is 2. The van der Waals surface area contributed by atoms with Gasteiger partial charge in [0.25, 0.3) is 0 Å². The first-order valence-electron chi connectivity index (χ1n) is 9.80. The highest BCUT2D eigenvalue weighted by molar-refractivity contribution is 6.08. The van der Waals surface area contributed by atoms with Gasteiger partial charge in [-0.3, -0.25) is 9.69 Å². The second kappa shape index (κ2) is 8.77. The number of methoxy groups -OCH3 is 1. The van der Waals surface area contributed by atoms with Crippen molar-refractivity contribution in [3.8, 4) is 11.6 Å². The number of carbonyl (C=O) groups excluding carboxylic acids is 2. The topological polar surface area (TPSA) is 113 Å². The average molecular weight is 468 g/mol. The predicted molar refractivity (Wildman–Crippen MR) is 112 cm³/mol. The van der Waals surface area contributed by atoms with Crippen molar-refractivity contribution in [2.24, 2.45) is 0 Å². The Hall–Kier alpha value is -3.54. The maximum atomic E-state index is 13.1. The molecule has 2 heterocycles. The highest BCUT2D eigenvalue weighted by Gasteiger charge is 2.36. The van der Waals surface area contributed by atoms with Crippen molar-refractivity contribution >= 4 is 23.4 Å². The zero-order valence-electron chi connectivity index (χ0n) is 18.3. The number of alkyl halides is 3. The third-order valence-electron chi connectivity index (χ3n) is 4.84. The largest absolute Gasteiger partial charge is 0.573 e. The van der Waals surface area contributed by atoms with Gasteiger partial charge in [0.2, 0.25) is 11.8 Å². The normalized spacial score (nSPS) is 14.8. The van der Waals surface area contributed by atoms with E-state index >= 15 is 0 Å². The van der Waals surface area contributed by atoms with Crippen LogP contribution in [0.4, 0.5) is 29.5 Å². The van der Waals surface area contributed by atoms with Crippen LogP contribution in [0, 0.1) is 6.92 Å². The minimum absolute atomic E-state index is 0.151. The van der Waals surface area contributed by atoms with Crippen molar-refractivity contribution in [1.29, 1.82) is 0 Å². The smallest absolute Gasteiger partial charge is 0.481 e. The van der Waals surface area contributed by atoms with Gasteiger partial charge in [0.1, 0.15) is 12.3 Å². The number of nitrogens with zero attached hydrogens (tertiary/aromatic N) is 2. The fraction of sp³-hybridized carbons (Fsp3) is 0.381. The highest BCUT2D eigenvalue weighted by atomic mass is 19.4. The molecule has 178 valence electrons. The van der Waals surface area contributed by atoms with Crippen LogP contribution in [-0.4, -0.2) is 47.6 Å². The Labute approximate surface area is 187 Å². The van der Waals surface area contributed by atoms with Crippen LogP contribution in [0.5, 0.6) is 11.6 Å². The summed E-state index contributed by atoms with van der Waals surface area (Å²) in [6.45, 7) is 4.25. The quantitative estimate of drug-likeness (QED) is 0.621. The number of nitrogens with one attached hydrogen (secondary N) is 2. The summed E-state index contributed by atoms with van der Waals surface area (Å²) in [5.41, 5.74) is -0.231. The molecule has 0 aliphatic carbocycles. The Morgan fingerprint density at radius 1 is 1.27 bits per heavy atom. The lowest BCUT2D eigenvalue weighted by Gasteiger charge is -2.34. The van der Waals surface area contributed by atoms with Crippen molar-refractivity contribution in [1.82, 2.24) is 10.3 Å². The minimum atomic E-state index is -4.85. The second-order valence-electron chi connectivity index (χ2n) is 7.97. The second-order valence-corrected chi connectivity index (χ2v) is 7.97. The summed E-state index contributed by atoms with van der Waals surface area (Å²) in [6, 6.07) is 4.58. The number of pyridine rings is 1. The Kier molecular flexibility index (Phi) is 6.41. The lowest BCUT2D eigenvalue weighted by molar-refractivity contribution is -0.274. The zero-order chi connectivity index (χ0) is 24.6. The number of urea groups is 1. The Balaban J connectivity index is 1.90. The van der Waals surface area contributed by atoms with E-state index in [1.54, 1.807) is 13.0 Å². The molecule has 0 spiro atoms. The van der Waals surface area contributed by atoms with Crippen LogP contribution >= 0.6 is 0 Å². The molecule has 12 heteroatoms. The summed E-state index contributed by atoms with van der Waals surface area (Å²) in [4.78, 5) is 30.7. The number of aromatic nitrogens is 1. The number of anilines is 2. The first-order chi connectivity index (χ1) is 15.3. The van der Waals surface area contributed by atoms with Crippen LogP contribution in [0.1, 0.15) is 31.0 Å². The van der Waals surface area contributed by atoms with Crippen LogP contribution in [0.15, 0.2) is 30.3 Å². The summed E-state index contributed by atoms with van der Waals surface area (Å²) in [7, 11) is 1.42. The monoisotopic (exact) mass is 468 g/mol. The van der Waals surface area contributed by atoms with E-state index in [-0.39, 0.29) is 18.2 Å². The molecular weight excluding hydrogens is 445 g/mol. The van der Waals surface area contributed by atoms with Gasteiger partial charge in [0.15, 0.2) is 5.82 Å². The van der Waals surface area contributed by atoms with Gasteiger partial charge in [0.05, 0.1) is 24.4 Å². The number of rotatable bonds is 5. The molecule has 0 saturated heterocycles. The number of hydrogen-bond acceptors (Lipinski definition) is 6. The fourth-order valence-corrected chi connectivity index (χ4v) is 3.40. The van der Waals surface area contributed by atoms with Gasteiger partial charge >= 0.3 is 12.4 Å². The molecule has 9 nitrogen and oxygen atoms in total. The van der Waals surface area contributed by atoms with E-state index in [0.717, 1.165) is 17.0 Å². The third-order valence-corrected chi connectivity index (χ3v) is 4.84. The fourth-order valence-electron chi connectivity index (χ4n) is 3.40. The predicted octanol–water partition coefficient (Wildman–Crippen LogP) is 3.28. The molecule has 3 rings (SSSR count). The number of benzene rings is 1. The third kappa shape index (κ3) is 5.64. The molecule has 1 aliphatic rings. The van der Waals surface area contributed by atoms with Crippen molar-refractivity contribution in [2.45, 2.75) is 38.8 Å². The van der Waals surface area contributed by atoms with Gasteiger partial charge in [-0.15, -0.1) is 13.2 Å². The Bertz CT molecular complexity index is 1050. The maximum absolute atomic E-state index is 13.1. The standard InChI is InChI=1S/C21H23F3N4O5/c1-11-9-14-17(27-18(11)32-4)28(10-15(29)25-14)19(30)26-16(20(2,3)31)12-5-7-13(8-6-12)33-21(22,23)24/h5-9,16,31H,10H2,1-4H3,(H,25,29)(H,26,30)/t16-/m0/s1. The zero-order valence-corrected chi connectivity index (χ0v) is 18.3. The van der Waals surface area contributed by atoms with Gasteiger partial charge in [-0.2, -0.15) is 4.98 Å². The lowest BCUT2D eigenvalue weighted by Crippen LogP contribution is -2.51. The first-order valence-corrected chi connectivity index (χ1v) is 9.80. The van der Waals surface area contributed by atoms with E-state index in [1.165, 1.54) is 33.1 Å². The first kappa shape index (κ1) is 24.1. The molecule has 3 N–H and O–H groups in total. The summed E-state index contributed by atoms with van der Waals surface area (Å²) in [5, 5.41) is 15.9. The van der Waals surface area contributed by atoms with Crippen molar-refractivity contribution in [3.63, 3.8) is 0 Å². The summed E-state index contributed by atoms with van der Waals surface area (Å²) < 4.78 is 46.3. The Morgan fingerprint density at radius 3 is 2.45 bits per heavy atom. The molecule has 0 radical (unpaired) electrons. The maximum Gasteiger partial charge on any atom is 0.573 e. The highest BCUT2D eigenvalue weighted by Crippen LogP contribution is 2.34. The van der Waals surface area contributed by atoms with Gasteiger partial charge in [0, 0.05) is 5.56 Å². The molecular formula is C21H23F3N4O5. The Morgan fingerprint density at radius 2 is 1.91 bits per heavy atom. The molecule has 1 atom stereocenters. The van der Waals surface area contributed by atoms with E-state index in [2.05, 4.69) is 20.4 Å². The molecule has 2 aromatic rings. The molecule has 0 unspecified atom stereocenters. The van der Waals surface area contributed by atoms with E-state index in [1.807, 2.05) is 0 Å². The van der Waals surface area contributed by atoms with Crippen molar-refractivity contribution in [3.05, 3.63) is 41.5 Å². The van der Waals surface area contributed by atoms with Crippen molar-refractivity contribution in [2.75, 3.05) is 23.9 Å². The van der Waals surface area contributed by atoms with Crippen LogP contribution in [0.25, 0.3) is 0 Å². The average Bonchev–Trinajstić information content (AvgIpc) is 2.69. The molecule has 0 saturated carbocycles. The van der Waals surface area contributed by atoms with Crippen LogP contribution in [0.2, 0.25) is 0 Å². The van der Waals surface area contributed by atoms with Gasteiger partial charge in [-0.1, -0.05) is 12.1 Å². The molecule has 1 aromatic carbocycles. The van der Waals surface area contributed by atoms with Gasteiger partial charge < -0.3 is 25.2 Å². The van der Waals surface area contributed by atoms with E-state index < -0.39 is 35.7 Å². The SMILES string of the molecule is COc1nc2c(cc1C)NC(=O)CN2C(=O)N[C@@H](c1ccc(OC(F)(F)F)cc1)C(C)(C)O. The van der Waals surface area contributed by atoms with Crippen LogP contribution < -0.4 is 25.0 Å². The number of halogens is 3. The molecule has 33 heavy (non-hydrogen) atoms. The molecule has 0 bridgehead atoms. The molecule has 1 aromatic heterocycles. The molecule has 1 aliphatic heterocycles. The summed E-state index contributed by atoms with van der Waals surface area (Å²) >= 11 is 0. The summed E-state index contributed by atoms with van der Waals surface area (Å²) in [6.07, 6.45) is -4.85. The molecule has 0 fully saturated rings.